The number of benzene rings is 1. The maximum absolute atomic E-state index is 5.92. The number of aromatic nitrogens is 2. The van der Waals surface area contributed by atoms with Gasteiger partial charge in [0.25, 0.3) is 0 Å². The summed E-state index contributed by atoms with van der Waals surface area (Å²) in [6.07, 6.45) is 2.09. The average Bonchev–Trinajstić information content (AvgIpc) is 2.71. The van der Waals surface area contributed by atoms with Crippen LogP contribution in [0.2, 0.25) is 10.3 Å². The molecular formula is C13H10Cl2N2. The highest BCUT2D eigenvalue weighted by Gasteiger charge is 2.26. The third kappa shape index (κ3) is 2.03. The lowest BCUT2D eigenvalue weighted by atomic mass is 10.0. The van der Waals surface area contributed by atoms with Crippen LogP contribution in [0, 0.1) is 0 Å². The molecule has 0 bridgehead atoms. The average molecular weight is 265 g/mol. The van der Waals surface area contributed by atoms with Crippen molar-refractivity contribution in [1.29, 1.82) is 0 Å². The molecule has 0 saturated heterocycles. The summed E-state index contributed by atoms with van der Waals surface area (Å²) in [6.45, 7) is 0. The summed E-state index contributed by atoms with van der Waals surface area (Å²) >= 11 is 11.8. The maximum atomic E-state index is 5.92. The first-order valence-electron chi connectivity index (χ1n) is 5.52. The molecule has 4 heteroatoms. The second kappa shape index (κ2) is 4.28. The van der Waals surface area contributed by atoms with E-state index in [2.05, 4.69) is 28.2 Å². The molecule has 1 aliphatic carbocycles. The van der Waals surface area contributed by atoms with Gasteiger partial charge in [-0.15, -0.1) is 0 Å². The van der Waals surface area contributed by atoms with E-state index >= 15 is 0 Å². The number of hydrogen-bond acceptors (Lipinski definition) is 2. The molecule has 1 aromatic carbocycles. The van der Waals surface area contributed by atoms with E-state index in [4.69, 9.17) is 23.2 Å². The van der Waals surface area contributed by atoms with Crippen molar-refractivity contribution in [1.82, 2.24) is 9.97 Å². The SMILES string of the molecule is Clc1cc(Cl)nc(C2CCc3ccccc32)n1. The Labute approximate surface area is 110 Å². The molecule has 17 heavy (non-hydrogen) atoms. The number of halogens is 2. The third-order valence-electron chi connectivity index (χ3n) is 3.13. The molecule has 1 atom stereocenters. The van der Waals surface area contributed by atoms with E-state index < -0.39 is 0 Å². The van der Waals surface area contributed by atoms with Gasteiger partial charge in [0.05, 0.1) is 0 Å². The highest BCUT2D eigenvalue weighted by atomic mass is 35.5. The molecule has 0 N–H and O–H groups in total. The zero-order chi connectivity index (χ0) is 11.8. The van der Waals surface area contributed by atoms with Gasteiger partial charge in [-0.1, -0.05) is 47.5 Å². The highest BCUT2D eigenvalue weighted by molar-refractivity contribution is 6.33. The van der Waals surface area contributed by atoms with E-state index in [1.807, 2.05) is 6.07 Å². The molecule has 86 valence electrons. The van der Waals surface area contributed by atoms with Gasteiger partial charge in [-0.05, 0) is 24.0 Å². The maximum Gasteiger partial charge on any atom is 0.139 e. The molecule has 2 nitrogen and oxygen atoms in total. The summed E-state index contributed by atoms with van der Waals surface area (Å²) < 4.78 is 0. The summed E-state index contributed by atoms with van der Waals surface area (Å²) in [5.74, 6) is 0.954. The monoisotopic (exact) mass is 264 g/mol. The minimum atomic E-state index is 0.224. The zero-order valence-corrected chi connectivity index (χ0v) is 10.5. The van der Waals surface area contributed by atoms with Crippen molar-refractivity contribution < 1.29 is 0 Å². The van der Waals surface area contributed by atoms with E-state index in [-0.39, 0.29) is 5.92 Å². The second-order valence-corrected chi connectivity index (χ2v) is 4.94. The minimum Gasteiger partial charge on any atom is -0.220 e. The smallest absolute Gasteiger partial charge is 0.139 e. The van der Waals surface area contributed by atoms with Crippen LogP contribution in [0.25, 0.3) is 0 Å². The quantitative estimate of drug-likeness (QED) is 0.731. The summed E-state index contributed by atoms with van der Waals surface area (Å²) in [7, 11) is 0. The first-order chi connectivity index (χ1) is 8.24. The second-order valence-electron chi connectivity index (χ2n) is 4.16. The van der Waals surface area contributed by atoms with Crippen molar-refractivity contribution in [3.63, 3.8) is 0 Å². The van der Waals surface area contributed by atoms with Crippen LogP contribution in [0.3, 0.4) is 0 Å². The van der Waals surface area contributed by atoms with Gasteiger partial charge in [-0.2, -0.15) is 0 Å². The molecule has 0 saturated carbocycles. The van der Waals surface area contributed by atoms with Crippen LogP contribution in [-0.2, 0) is 6.42 Å². The van der Waals surface area contributed by atoms with Crippen molar-refractivity contribution in [2.75, 3.05) is 0 Å². The third-order valence-corrected chi connectivity index (χ3v) is 3.51. The summed E-state index contributed by atoms with van der Waals surface area (Å²) in [5.41, 5.74) is 2.67. The molecule has 1 heterocycles. The fraction of sp³-hybridized carbons (Fsp3) is 0.231. The predicted molar refractivity (Wildman–Crippen MR) is 68.7 cm³/mol. The molecule has 1 aromatic heterocycles. The van der Waals surface area contributed by atoms with Gasteiger partial charge in [-0.25, -0.2) is 9.97 Å². The van der Waals surface area contributed by atoms with Gasteiger partial charge in [0, 0.05) is 12.0 Å². The fourth-order valence-electron chi connectivity index (χ4n) is 2.39. The van der Waals surface area contributed by atoms with E-state index in [1.54, 1.807) is 6.07 Å². The van der Waals surface area contributed by atoms with Gasteiger partial charge in [0.2, 0.25) is 0 Å². The minimum absolute atomic E-state index is 0.224. The van der Waals surface area contributed by atoms with E-state index in [0.717, 1.165) is 18.7 Å². The number of nitrogens with zero attached hydrogens (tertiary/aromatic N) is 2. The molecule has 0 radical (unpaired) electrons. The topological polar surface area (TPSA) is 25.8 Å². The Hall–Kier alpha value is -1.12. The van der Waals surface area contributed by atoms with Crippen LogP contribution in [0.15, 0.2) is 30.3 Å². The number of fused-ring (bicyclic) bond motifs is 1. The summed E-state index contributed by atoms with van der Waals surface area (Å²) in [4.78, 5) is 8.57. The van der Waals surface area contributed by atoms with Crippen molar-refractivity contribution in [2.24, 2.45) is 0 Å². The summed E-state index contributed by atoms with van der Waals surface area (Å²) in [5, 5.41) is 0.814. The van der Waals surface area contributed by atoms with Gasteiger partial charge in [0.1, 0.15) is 16.1 Å². The Balaban J connectivity index is 2.06. The van der Waals surface area contributed by atoms with Gasteiger partial charge >= 0.3 is 0 Å². The van der Waals surface area contributed by atoms with Crippen LogP contribution in [0.5, 0.6) is 0 Å². The molecule has 0 aliphatic heterocycles. The Morgan fingerprint density at radius 2 is 1.76 bits per heavy atom. The molecular weight excluding hydrogens is 255 g/mol. The Kier molecular flexibility index (Phi) is 2.77. The largest absolute Gasteiger partial charge is 0.220 e. The van der Waals surface area contributed by atoms with Crippen LogP contribution in [0.1, 0.15) is 29.3 Å². The van der Waals surface area contributed by atoms with Crippen molar-refractivity contribution in [3.05, 3.63) is 57.6 Å². The molecule has 1 unspecified atom stereocenters. The van der Waals surface area contributed by atoms with Crippen LogP contribution in [-0.4, -0.2) is 9.97 Å². The lowest BCUT2D eigenvalue weighted by Crippen LogP contribution is -2.03. The number of rotatable bonds is 1. The van der Waals surface area contributed by atoms with Crippen molar-refractivity contribution in [3.8, 4) is 0 Å². The Morgan fingerprint density at radius 1 is 1.06 bits per heavy atom. The fourth-order valence-corrected chi connectivity index (χ4v) is 2.82. The first-order valence-corrected chi connectivity index (χ1v) is 6.27. The van der Waals surface area contributed by atoms with Gasteiger partial charge < -0.3 is 0 Å². The Bertz CT molecular complexity index is 549. The van der Waals surface area contributed by atoms with E-state index in [9.17, 15) is 0 Å². The molecule has 3 rings (SSSR count). The Morgan fingerprint density at radius 3 is 2.53 bits per heavy atom. The van der Waals surface area contributed by atoms with E-state index in [1.165, 1.54) is 11.1 Å². The van der Waals surface area contributed by atoms with Gasteiger partial charge in [0.15, 0.2) is 0 Å². The molecule has 0 spiro atoms. The van der Waals surface area contributed by atoms with E-state index in [0.29, 0.717) is 10.3 Å². The first kappa shape index (κ1) is 11.0. The van der Waals surface area contributed by atoms with Gasteiger partial charge in [-0.3, -0.25) is 0 Å². The van der Waals surface area contributed by atoms with Crippen molar-refractivity contribution in [2.45, 2.75) is 18.8 Å². The lowest BCUT2D eigenvalue weighted by Gasteiger charge is -2.10. The molecule has 1 aliphatic rings. The van der Waals surface area contributed by atoms with Crippen LogP contribution < -0.4 is 0 Å². The molecule has 0 fully saturated rings. The zero-order valence-electron chi connectivity index (χ0n) is 9.03. The molecule has 0 amide bonds. The number of hydrogen-bond donors (Lipinski definition) is 0. The lowest BCUT2D eigenvalue weighted by molar-refractivity contribution is 0.729. The molecule has 2 aromatic rings. The summed E-state index contributed by atoms with van der Waals surface area (Å²) in [6, 6.07) is 9.95. The van der Waals surface area contributed by atoms with Crippen molar-refractivity contribution >= 4 is 23.2 Å². The number of aryl methyl sites for hydroxylation is 1. The van der Waals surface area contributed by atoms with Crippen LogP contribution >= 0.6 is 23.2 Å². The normalized spacial score (nSPS) is 18.1. The standard InChI is InChI=1S/C13H10Cl2N2/c14-11-7-12(15)17-13(16-11)10-6-5-8-3-1-2-4-9(8)10/h1-4,7,10H,5-6H2. The highest BCUT2D eigenvalue weighted by Crippen LogP contribution is 2.36. The predicted octanol–water partition coefficient (Wildman–Crippen LogP) is 3.86. The van der Waals surface area contributed by atoms with Crippen LogP contribution in [0.4, 0.5) is 0 Å².